The lowest BCUT2D eigenvalue weighted by atomic mass is 10.0. The van der Waals surface area contributed by atoms with Gasteiger partial charge in [-0.3, -0.25) is 4.99 Å². The maximum Gasteiger partial charge on any atom is 0.0657 e. The van der Waals surface area contributed by atoms with Crippen molar-refractivity contribution in [2.75, 3.05) is 0 Å². The highest BCUT2D eigenvalue weighted by molar-refractivity contribution is 5.85. The summed E-state index contributed by atoms with van der Waals surface area (Å²) in [6, 6.07) is 0. The molecule has 0 bridgehead atoms. The van der Waals surface area contributed by atoms with Crippen LogP contribution in [-0.2, 0) is 0 Å². The lowest BCUT2D eigenvalue weighted by molar-refractivity contribution is 0.967. The van der Waals surface area contributed by atoms with Gasteiger partial charge in [-0.15, -0.1) is 0 Å². The normalized spacial score (nSPS) is 16.5. The highest BCUT2D eigenvalue weighted by atomic mass is 14.8. The number of rotatable bonds is 1. The third kappa shape index (κ3) is 7.22. The Kier molecular flexibility index (Phi) is 11.2. The van der Waals surface area contributed by atoms with Crippen LogP contribution in [0.3, 0.4) is 0 Å². The Morgan fingerprint density at radius 1 is 1.19 bits per heavy atom. The van der Waals surface area contributed by atoms with Crippen molar-refractivity contribution < 1.29 is 0 Å². The maximum atomic E-state index is 4.42. The van der Waals surface area contributed by atoms with Gasteiger partial charge in [0, 0.05) is 5.71 Å². The van der Waals surface area contributed by atoms with Gasteiger partial charge in [0.1, 0.15) is 0 Å². The molecular formula is C15H27N. The van der Waals surface area contributed by atoms with Crippen molar-refractivity contribution in [3.63, 3.8) is 0 Å². The molecular weight excluding hydrogens is 194 g/mol. The van der Waals surface area contributed by atoms with Gasteiger partial charge in [0.2, 0.25) is 0 Å². The van der Waals surface area contributed by atoms with E-state index in [0.29, 0.717) is 0 Å². The second-order valence-electron chi connectivity index (χ2n) is 3.33. The number of hydrogen-bond acceptors (Lipinski definition) is 1. The monoisotopic (exact) mass is 221 g/mol. The lowest BCUT2D eigenvalue weighted by Crippen LogP contribution is -2.02. The van der Waals surface area contributed by atoms with E-state index in [9.17, 15) is 0 Å². The summed E-state index contributed by atoms with van der Waals surface area (Å²) in [4.78, 5) is 4.42. The van der Waals surface area contributed by atoms with Gasteiger partial charge in [-0.1, -0.05) is 46.4 Å². The number of hydrogen-bond donors (Lipinski definition) is 0. The van der Waals surface area contributed by atoms with Crippen molar-refractivity contribution in [2.45, 2.75) is 54.4 Å². The minimum atomic E-state index is 1.01. The van der Waals surface area contributed by atoms with Gasteiger partial charge in [0.05, 0.1) is 5.70 Å². The molecule has 0 aromatic carbocycles. The lowest BCUT2D eigenvalue weighted by Gasteiger charge is -2.13. The molecule has 0 aromatic heterocycles. The predicted molar refractivity (Wildman–Crippen MR) is 77.1 cm³/mol. The maximum absolute atomic E-state index is 4.42. The van der Waals surface area contributed by atoms with Crippen molar-refractivity contribution in [2.24, 2.45) is 4.99 Å². The predicted octanol–water partition coefficient (Wildman–Crippen LogP) is 5.31. The molecule has 0 radical (unpaired) electrons. The first kappa shape index (κ1) is 17.3. The van der Waals surface area contributed by atoms with Crippen LogP contribution in [0.4, 0.5) is 0 Å². The Hall–Kier alpha value is -1.11. The molecule has 0 saturated heterocycles. The van der Waals surface area contributed by atoms with Crippen LogP contribution in [0, 0.1) is 0 Å². The Morgan fingerprint density at radius 3 is 2.12 bits per heavy atom. The van der Waals surface area contributed by atoms with E-state index in [-0.39, 0.29) is 0 Å². The molecule has 16 heavy (non-hydrogen) atoms. The first-order valence-corrected chi connectivity index (χ1v) is 6.19. The van der Waals surface area contributed by atoms with Crippen LogP contribution in [0.15, 0.2) is 41.1 Å². The standard InChI is InChI=1S/C11H15N.2C2H6/c1-8(2)7-11-9(3)5-6-10(4)12-11;2*1-2/h7H,1,3,5-6H2,2,4H3;2*1-2H3/b11-7+;;. The molecule has 0 aliphatic carbocycles. The van der Waals surface area contributed by atoms with E-state index in [1.807, 2.05) is 40.7 Å². The zero-order valence-electron chi connectivity index (χ0n) is 11.9. The summed E-state index contributed by atoms with van der Waals surface area (Å²) in [6.45, 7) is 19.8. The Balaban J connectivity index is 0. The van der Waals surface area contributed by atoms with Gasteiger partial charge in [0.15, 0.2) is 0 Å². The van der Waals surface area contributed by atoms with E-state index in [4.69, 9.17) is 0 Å². The quantitative estimate of drug-likeness (QED) is 0.569. The van der Waals surface area contributed by atoms with Crippen molar-refractivity contribution >= 4 is 5.71 Å². The summed E-state index contributed by atoms with van der Waals surface area (Å²) in [5.41, 5.74) is 4.36. The van der Waals surface area contributed by atoms with Gasteiger partial charge in [0.25, 0.3) is 0 Å². The van der Waals surface area contributed by atoms with Crippen molar-refractivity contribution in [3.8, 4) is 0 Å². The van der Waals surface area contributed by atoms with Gasteiger partial charge in [-0.2, -0.15) is 0 Å². The largest absolute Gasteiger partial charge is 0.258 e. The Labute approximate surface area is 102 Å². The van der Waals surface area contributed by atoms with Crippen molar-refractivity contribution in [1.29, 1.82) is 0 Å². The van der Waals surface area contributed by atoms with Crippen LogP contribution in [0.2, 0.25) is 0 Å². The molecule has 0 aromatic rings. The van der Waals surface area contributed by atoms with Crippen molar-refractivity contribution in [3.05, 3.63) is 36.1 Å². The third-order valence-electron chi connectivity index (χ3n) is 1.85. The van der Waals surface area contributed by atoms with E-state index in [0.717, 1.165) is 29.7 Å². The van der Waals surface area contributed by atoms with Gasteiger partial charge >= 0.3 is 0 Å². The summed E-state index contributed by atoms with van der Waals surface area (Å²) in [7, 11) is 0. The molecule has 1 rings (SSSR count). The molecule has 0 saturated carbocycles. The fourth-order valence-electron chi connectivity index (χ4n) is 1.17. The molecule has 1 nitrogen and oxygen atoms in total. The fourth-order valence-corrected chi connectivity index (χ4v) is 1.17. The van der Waals surface area contributed by atoms with Crippen LogP contribution in [0.25, 0.3) is 0 Å². The topological polar surface area (TPSA) is 12.4 Å². The van der Waals surface area contributed by atoms with Gasteiger partial charge < -0.3 is 0 Å². The summed E-state index contributed by atoms with van der Waals surface area (Å²) < 4.78 is 0. The molecule has 92 valence electrons. The van der Waals surface area contributed by atoms with Crippen LogP contribution in [0.5, 0.6) is 0 Å². The summed E-state index contributed by atoms with van der Waals surface area (Å²) in [5.74, 6) is 0. The summed E-state index contributed by atoms with van der Waals surface area (Å²) >= 11 is 0. The number of nitrogens with zero attached hydrogens (tertiary/aromatic N) is 1. The summed E-state index contributed by atoms with van der Waals surface area (Å²) in [6.07, 6.45) is 4.08. The van der Waals surface area contributed by atoms with Crippen LogP contribution in [0.1, 0.15) is 54.4 Å². The van der Waals surface area contributed by atoms with E-state index in [1.165, 1.54) is 5.71 Å². The second-order valence-corrected chi connectivity index (χ2v) is 3.33. The molecule has 0 N–H and O–H groups in total. The first-order chi connectivity index (χ1) is 7.59. The highest BCUT2D eigenvalue weighted by Gasteiger charge is 2.08. The molecule has 1 aliphatic rings. The molecule has 1 heteroatoms. The minimum Gasteiger partial charge on any atom is -0.258 e. The highest BCUT2D eigenvalue weighted by Crippen LogP contribution is 2.22. The Bertz CT molecular complexity index is 280. The van der Waals surface area contributed by atoms with Gasteiger partial charge in [-0.05, 0) is 38.3 Å². The average molecular weight is 221 g/mol. The minimum absolute atomic E-state index is 1.01. The van der Waals surface area contributed by atoms with Crippen molar-refractivity contribution in [1.82, 2.24) is 0 Å². The Morgan fingerprint density at radius 2 is 1.69 bits per heavy atom. The van der Waals surface area contributed by atoms with E-state index >= 15 is 0 Å². The molecule has 0 fully saturated rings. The summed E-state index contributed by atoms with van der Waals surface area (Å²) in [5, 5.41) is 0. The van der Waals surface area contributed by atoms with E-state index < -0.39 is 0 Å². The average Bonchev–Trinajstić information content (AvgIpc) is 2.28. The first-order valence-electron chi connectivity index (χ1n) is 6.19. The fraction of sp³-hybridized carbons (Fsp3) is 0.533. The smallest absolute Gasteiger partial charge is 0.0657 e. The van der Waals surface area contributed by atoms with E-state index in [1.54, 1.807) is 0 Å². The molecule has 0 spiro atoms. The van der Waals surface area contributed by atoms with Crippen LogP contribution >= 0.6 is 0 Å². The number of aliphatic imine (C=N–C) groups is 1. The molecule has 0 unspecified atom stereocenters. The number of allylic oxidation sites excluding steroid dienone is 3. The molecule has 1 aliphatic heterocycles. The SMILES string of the molecule is C=C(C)/C=C1/N=C(C)CCC1=C.CC.CC. The van der Waals surface area contributed by atoms with E-state index in [2.05, 4.69) is 25.1 Å². The molecule has 0 amide bonds. The molecule has 1 heterocycles. The second kappa shape index (κ2) is 10.4. The zero-order chi connectivity index (χ0) is 13.1. The van der Waals surface area contributed by atoms with Gasteiger partial charge in [-0.25, -0.2) is 0 Å². The van der Waals surface area contributed by atoms with Crippen LogP contribution < -0.4 is 0 Å². The zero-order valence-corrected chi connectivity index (χ0v) is 11.9. The third-order valence-corrected chi connectivity index (χ3v) is 1.85. The van der Waals surface area contributed by atoms with Crippen LogP contribution in [-0.4, -0.2) is 5.71 Å². The molecule has 0 atom stereocenters.